The molecule has 1 fully saturated rings. The Kier molecular flexibility index (Phi) is 4.35. The number of benzene rings is 1. The van der Waals surface area contributed by atoms with E-state index in [1.54, 1.807) is 6.07 Å². The summed E-state index contributed by atoms with van der Waals surface area (Å²) >= 11 is 3.16. The molecule has 98 valence electrons. The van der Waals surface area contributed by atoms with Crippen molar-refractivity contribution in [2.24, 2.45) is 0 Å². The highest BCUT2D eigenvalue weighted by atomic mass is 79.9. The Morgan fingerprint density at radius 2 is 1.94 bits per heavy atom. The van der Waals surface area contributed by atoms with Crippen LogP contribution in [-0.4, -0.2) is 23.2 Å². The Bertz CT molecular complexity index is 424. The van der Waals surface area contributed by atoms with E-state index in [4.69, 9.17) is 0 Å². The van der Waals surface area contributed by atoms with Gasteiger partial charge in [-0.2, -0.15) is 0 Å². The first-order chi connectivity index (χ1) is 8.54. The molecule has 0 unspecified atom stereocenters. The van der Waals surface area contributed by atoms with Crippen molar-refractivity contribution in [2.75, 3.05) is 0 Å². The molecule has 2 N–H and O–H groups in total. The van der Waals surface area contributed by atoms with Gasteiger partial charge < -0.3 is 10.4 Å². The molecule has 1 saturated carbocycles. The number of halogens is 2. The Balaban J connectivity index is 1.99. The van der Waals surface area contributed by atoms with Crippen LogP contribution in [0.5, 0.6) is 0 Å². The molecule has 2 rings (SSSR count). The van der Waals surface area contributed by atoms with Gasteiger partial charge in [0.1, 0.15) is 5.82 Å². The minimum absolute atomic E-state index is 0.0722. The molecule has 0 spiro atoms. The number of amides is 1. The number of hydrogen-bond donors (Lipinski definition) is 2. The SMILES string of the molecule is O=C(NC1CCC(O)CC1)c1cc(F)cc(Br)c1. The van der Waals surface area contributed by atoms with E-state index in [2.05, 4.69) is 21.2 Å². The van der Waals surface area contributed by atoms with Gasteiger partial charge in [0.25, 0.3) is 5.91 Å². The average molecular weight is 316 g/mol. The lowest BCUT2D eigenvalue weighted by Gasteiger charge is -2.26. The van der Waals surface area contributed by atoms with Crippen molar-refractivity contribution < 1.29 is 14.3 Å². The zero-order valence-corrected chi connectivity index (χ0v) is 11.4. The molecule has 1 amide bonds. The monoisotopic (exact) mass is 315 g/mol. The third-order valence-electron chi connectivity index (χ3n) is 3.16. The minimum atomic E-state index is -0.436. The van der Waals surface area contributed by atoms with Crippen LogP contribution in [0.4, 0.5) is 4.39 Å². The molecule has 0 radical (unpaired) electrons. The van der Waals surface area contributed by atoms with Crippen molar-refractivity contribution in [3.05, 3.63) is 34.1 Å². The lowest BCUT2D eigenvalue weighted by Crippen LogP contribution is -2.38. The molecule has 0 saturated heterocycles. The summed E-state index contributed by atoms with van der Waals surface area (Å²) in [6.45, 7) is 0. The summed E-state index contributed by atoms with van der Waals surface area (Å²) in [5.41, 5.74) is 0.313. The van der Waals surface area contributed by atoms with Gasteiger partial charge in [-0.3, -0.25) is 4.79 Å². The third-order valence-corrected chi connectivity index (χ3v) is 3.61. The van der Waals surface area contributed by atoms with Crippen LogP contribution in [0.2, 0.25) is 0 Å². The molecular weight excluding hydrogens is 301 g/mol. The van der Waals surface area contributed by atoms with Crippen LogP contribution in [0.15, 0.2) is 22.7 Å². The number of aliphatic hydroxyl groups excluding tert-OH is 1. The normalized spacial score (nSPS) is 23.7. The van der Waals surface area contributed by atoms with Crippen LogP contribution in [-0.2, 0) is 0 Å². The topological polar surface area (TPSA) is 49.3 Å². The van der Waals surface area contributed by atoms with E-state index in [-0.39, 0.29) is 18.1 Å². The first-order valence-electron chi connectivity index (χ1n) is 5.99. The second-order valence-corrected chi connectivity index (χ2v) is 5.55. The molecule has 1 aliphatic rings. The standard InChI is InChI=1S/C13H15BrFNO2/c14-9-5-8(6-10(15)7-9)13(18)16-11-1-3-12(17)4-2-11/h5-7,11-12,17H,1-4H2,(H,16,18). The lowest BCUT2D eigenvalue weighted by molar-refractivity contribution is 0.0867. The van der Waals surface area contributed by atoms with Crippen LogP contribution in [0.25, 0.3) is 0 Å². The van der Waals surface area contributed by atoms with Crippen molar-refractivity contribution in [3.8, 4) is 0 Å². The van der Waals surface area contributed by atoms with Crippen LogP contribution < -0.4 is 5.32 Å². The highest BCUT2D eigenvalue weighted by molar-refractivity contribution is 9.10. The molecule has 3 nitrogen and oxygen atoms in total. The number of aliphatic hydroxyl groups is 1. The predicted molar refractivity (Wildman–Crippen MR) is 69.8 cm³/mol. The van der Waals surface area contributed by atoms with E-state index in [1.165, 1.54) is 12.1 Å². The number of nitrogens with one attached hydrogen (secondary N) is 1. The number of hydrogen-bond acceptors (Lipinski definition) is 2. The summed E-state index contributed by atoms with van der Waals surface area (Å²) in [6.07, 6.45) is 2.70. The Morgan fingerprint density at radius 1 is 1.28 bits per heavy atom. The highest BCUT2D eigenvalue weighted by Crippen LogP contribution is 2.19. The first-order valence-corrected chi connectivity index (χ1v) is 6.79. The van der Waals surface area contributed by atoms with Crippen molar-refractivity contribution in [2.45, 2.75) is 37.8 Å². The molecule has 0 heterocycles. The molecule has 18 heavy (non-hydrogen) atoms. The lowest BCUT2D eigenvalue weighted by atomic mass is 9.93. The van der Waals surface area contributed by atoms with E-state index < -0.39 is 5.82 Å². The fourth-order valence-corrected chi connectivity index (χ4v) is 2.64. The van der Waals surface area contributed by atoms with E-state index in [0.29, 0.717) is 22.9 Å². The maximum absolute atomic E-state index is 13.2. The van der Waals surface area contributed by atoms with Gasteiger partial charge in [-0.15, -0.1) is 0 Å². The van der Waals surface area contributed by atoms with Crippen LogP contribution in [0, 0.1) is 5.82 Å². The van der Waals surface area contributed by atoms with Crippen LogP contribution >= 0.6 is 15.9 Å². The predicted octanol–water partition coefficient (Wildman–Crippen LogP) is 2.62. The Hall–Kier alpha value is -0.940. The molecule has 5 heteroatoms. The van der Waals surface area contributed by atoms with Crippen molar-refractivity contribution >= 4 is 21.8 Å². The summed E-state index contributed by atoms with van der Waals surface area (Å²) in [7, 11) is 0. The molecule has 0 bridgehead atoms. The van der Waals surface area contributed by atoms with Crippen LogP contribution in [0.1, 0.15) is 36.0 Å². The summed E-state index contributed by atoms with van der Waals surface area (Å²) in [5.74, 6) is -0.704. The Morgan fingerprint density at radius 3 is 2.56 bits per heavy atom. The molecule has 0 aliphatic heterocycles. The largest absolute Gasteiger partial charge is 0.393 e. The average Bonchev–Trinajstić information content (AvgIpc) is 2.31. The summed E-state index contributed by atoms with van der Waals surface area (Å²) < 4.78 is 13.7. The molecule has 1 aromatic carbocycles. The van der Waals surface area contributed by atoms with Gasteiger partial charge in [-0.1, -0.05) is 15.9 Å². The van der Waals surface area contributed by atoms with Gasteiger partial charge in [0.15, 0.2) is 0 Å². The van der Waals surface area contributed by atoms with Crippen molar-refractivity contribution in [1.29, 1.82) is 0 Å². The summed E-state index contributed by atoms with van der Waals surface area (Å²) in [6, 6.07) is 4.20. The minimum Gasteiger partial charge on any atom is -0.393 e. The smallest absolute Gasteiger partial charge is 0.251 e. The van der Waals surface area contributed by atoms with Gasteiger partial charge in [-0.05, 0) is 43.9 Å². The maximum Gasteiger partial charge on any atom is 0.251 e. The van der Waals surface area contributed by atoms with Gasteiger partial charge >= 0.3 is 0 Å². The molecule has 1 aromatic rings. The van der Waals surface area contributed by atoms with Crippen LogP contribution in [0.3, 0.4) is 0 Å². The van der Waals surface area contributed by atoms with E-state index in [9.17, 15) is 14.3 Å². The first kappa shape index (κ1) is 13.5. The van der Waals surface area contributed by atoms with E-state index >= 15 is 0 Å². The molecular formula is C13H15BrFNO2. The molecule has 1 aliphatic carbocycles. The Labute approximate surface area is 114 Å². The zero-order valence-electron chi connectivity index (χ0n) is 9.83. The third kappa shape index (κ3) is 3.53. The highest BCUT2D eigenvalue weighted by Gasteiger charge is 2.21. The van der Waals surface area contributed by atoms with Crippen molar-refractivity contribution in [1.82, 2.24) is 5.32 Å². The number of carbonyl (C=O) groups excluding carboxylic acids is 1. The summed E-state index contributed by atoms with van der Waals surface area (Å²) in [5, 5.41) is 12.3. The number of rotatable bonds is 2. The quantitative estimate of drug-likeness (QED) is 0.881. The van der Waals surface area contributed by atoms with Crippen molar-refractivity contribution in [3.63, 3.8) is 0 Å². The van der Waals surface area contributed by atoms with Gasteiger partial charge in [0.2, 0.25) is 0 Å². The zero-order chi connectivity index (χ0) is 13.1. The van der Waals surface area contributed by atoms with Gasteiger partial charge in [0, 0.05) is 16.1 Å². The molecule has 0 aromatic heterocycles. The molecule has 0 atom stereocenters. The summed E-state index contributed by atoms with van der Waals surface area (Å²) in [4.78, 5) is 11.9. The number of carbonyl (C=O) groups is 1. The van der Waals surface area contributed by atoms with Gasteiger partial charge in [0.05, 0.1) is 6.10 Å². The van der Waals surface area contributed by atoms with E-state index in [1.807, 2.05) is 0 Å². The second-order valence-electron chi connectivity index (χ2n) is 4.64. The van der Waals surface area contributed by atoms with Gasteiger partial charge in [-0.25, -0.2) is 4.39 Å². The second kappa shape index (κ2) is 5.80. The maximum atomic E-state index is 13.2. The van der Waals surface area contributed by atoms with E-state index in [0.717, 1.165) is 12.8 Å². The fourth-order valence-electron chi connectivity index (χ4n) is 2.17. The fraction of sp³-hybridized carbons (Fsp3) is 0.462.